The molecule has 0 aliphatic carbocycles. The van der Waals surface area contributed by atoms with Gasteiger partial charge in [0.2, 0.25) is 0 Å². The lowest BCUT2D eigenvalue weighted by molar-refractivity contribution is -0.474. The molecular formula is C7Cl2F14O. The minimum Gasteiger partial charge on any atom is -0.258 e. The van der Waals surface area contributed by atoms with E-state index in [0.29, 0.717) is 0 Å². The third-order valence-electron chi connectivity index (χ3n) is 2.10. The molecule has 0 N–H and O–H groups in total. The number of halogens is 16. The molecular weight excluding hydrogens is 437 g/mol. The van der Waals surface area contributed by atoms with Crippen molar-refractivity contribution in [2.45, 2.75) is 40.7 Å². The molecule has 1 nitrogen and oxygen atoms in total. The second kappa shape index (κ2) is 5.79. The molecule has 17 heteroatoms. The maximum Gasteiger partial charge on any atom is 0.460 e. The third kappa shape index (κ3) is 3.57. The molecule has 0 saturated carbocycles. The summed E-state index contributed by atoms with van der Waals surface area (Å²) in [6.07, 6.45) is -14.9. The van der Waals surface area contributed by atoms with E-state index in [4.69, 9.17) is 0 Å². The van der Waals surface area contributed by atoms with Crippen molar-refractivity contribution in [2.75, 3.05) is 0 Å². The van der Waals surface area contributed by atoms with E-state index in [1.807, 2.05) is 0 Å². The van der Waals surface area contributed by atoms with Gasteiger partial charge in [-0.05, 0) is 23.2 Å². The SMILES string of the molecule is FC(F)(F)C(F)(F)C(F)(F)C(F)(F)C(F)(F)OC(F)(Cl)C(F)(F)Cl. The summed E-state index contributed by atoms with van der Waals surface area (Å²) in [6, 6.07) is 0. The maximum absolute atomic E-state index is 12.8. The van der Waals surface area contributed by atoms with Gasteiger partial charge in [-0.2, -0.15) is 61.5 Å². The van der Waals surface area contributed by atoms with E-state index >= 15 is 0 Å². The van der Waals surface area contributed by atoms with Gasteiger partial charge in [-0.25, -0.2) is 0 Å². The highest BCUT2D eigenvalue weighted by Gasteiger charge is 2.89. The van der Waals surface area contributed by atoms with Gasteiger partial charge < -0.3 is 0 Å². The van der Waals surface area contributed by atoms with Crippen molar-refractivity contribution >= 4 is 23.2 Å². The fourth-order valence-corrected chi connectivity index (χ4v) is 0.976. The zero-order valence-electron chi connectivity index (χ0n) is 9.96. The van der Waals surface area contributed by atoms with Gasteiger partial charge in [-0.1, -0.05) is 0 Å². The molecule has 0 aliphatic heterocycles. The second-order valence-corrected chi connectivity index (χ2v) is 4.82. The van der Waals surface area contributed by atoms with Gasteiger partial charge >= 0.3 is 40.7 Å². The Hall–Kier alpha value is -0.440. The Balaban J connectivity index is 6.04. The zero-order valence-corrected chi connectivity index (χ0v) is 11.5. The Morgan fingerprint density at radius 3 is 1.08 bits per heavy atom. The molecule has 0 aromatic heterocycles. The van der Waals surface area contributed by atoms with Crippen LogP contribution in [0.15, 0.2) is 0 Å². The monoisotopic (exact) mass is 436 g/mol. The molecule has 1 unspecified atom stereocenters. The van der Waals surface area contributed by atoms with Gasteiger partial charge in [0.1, 0.15) is 0 Å². The standard InChI is InChI=1S/C7Cl2F14O/c8-4(16,17)5(9,18)24-7(22,23)3(14,15)1(10,11)2(12,13)6(19,20)21. The lowest BCUT2D eigenvalue weighted by Crippen LogP contribution is -2.68. The summed E-state index contributed by atoms with van der Waals surface area (Å²) < 4.78 is 175. The first-order chi connectivity index (χ1) is 9.96. The predicted molar refractivity (Wildman–Crippen MR) is 47.4 cm³/mol. The van der Waals surface area contributed by atoms with Crippen molar-refractivity contribution in [3.05, 3.63) is 0 Å². The number of rotatable bonds is 6. The van der Waals surface area contributed by atoms with E-state index in [0.717, 1.165) is 0 Å². The van der Waals surface area contributed by atoms with Crippen molar-refractivity contribution in [1.29, 1.82) is 0 Å². The molecule has 0 aromatic rings. The average molecular weight is 437 g/mol. The van der Waals surface area contributed by atoms with Gasteiger partial charge in [-0.3, -0.25) is 4.74 Å². The van der Waals surface area contributed by atoms with E-state index in [1.54, 1.807) is 4.74 Å². The molecule has 0 saturated heterocycles. The third-order valence-corrected chi connectivity index (χ3v) is 2.75. The summed E-state index contributed by atoms with van der Waals surface area (Å²) >= 11 is 7.52. The minimum atomic E-state index is -7.98. The van der Waals surface area contributed by atoms with Crippen LogP contribution in [0.25, 0.3) is 0 Å². The molecule has 0 spiro atoms. The Kier molecular flexibility index (Phi) is 5.68. The summed E-state index contributed by atoms with van der Waals surface area (Å²) in [5, 5.41) is -11.7. The van der Waals surface area contributed by atoms with E-state index in [-0.39, 0.29) is 0 Å². The highest BCUT2D eigenvalue weighted by molar-refractivity contribution is 6.31. The van der Waals surface area contributed by atoms with Crippen LogP contribution in [0, 0.1) is 0 Å². The van der Waals surface area contributed by atoms with Crippen LogP contribution in [0.5, 0.6) is 0 Å². The van der Waals surface area contributed by atoms with Crippen LogP contribution in [0.1, 0.15) is 0 Å². The molecule has 0 aromatic carbocycles. The summed E-state index contributed by atoms with van der Waals surface area (Å²) in [4.78, 5) is 0. The molecule has 0 rings (SSSR count). The van der Waals surface area contributed by atoms with Crippen LogP contribution in [0.3, 0.4) is 0 Å². The summed E-state index contributed by atoms with van der Waals surface area (Å²) in [7, 11) is 0. The topological polar surface area (TPSA) is 9.23 Å². The first-order valence-electron chi connectivity index (χ1n) is 4.68. The van der Waals surface area contributed by atoms with Crippen LogP contribution in [0.4, 0.5) is 61.5 Å². The number of hydrogen-bond donors (Lipinski definition) is 0. The van der Waals surface area contributed by atoms with Gasteiger partial charge in [-0.15, -0.1) is 0 Å². The quantitative estimate of drug-likeness (QED) is 0.380. The lowest BCUT2D eigenvalue weighted by atomic mass is 10.0. The molecule has 0 fully saturated rings. The van der Waals surface area contributed by atoms with Gasteiger partial charge in [0.05, 0.1) is 0 Å². The second-order valence-electron chi connectivity index (χ2n) is 3.85. The van der Waals surface area contributed by atoms with E-state index in [2.05, 4.69) is 23.2 Å². The zero-order chi connectivity index (χ0) is 20.2. The number of alkyl halides is 16. The van der Waals surface area contributed by atoms with Crippen molar-refractivity contribution in [2.24, 2.45) is 0 Å². The molecule has 0 aliphatic rings. The molecule has 0 bridgehead atoms. The summed E-state index contributed by atoms with van der Waals surface area (Å²) in [6.45, 7) is 0. The van der Waals surface area contributed by atoms with Crippen LogP contribution in [0.2, 0.25) is 0 Å². The van der Waals surface area contributed by atoms with E-state index in [9.17, 15) is 61.5 Å². The van der Waals surface area contributed by atoms with Gasteiger partial charge in [0.15, 0.2) is 0 Å². The van der Waals surface area contributed by atoms with Gasteiger partial charge in [0.25, 0.3) is 0 Å². The smallest absolute Gasteiger partial charge is 0.258 e. The Bertz CT molecular complexity index is 463. The van der Waals surface area contributed by atoms with Crippen LogP contribution >= 0.6 is 23.2 Å². The first kappa shape index (κ1) is 23.6. The fraction of sp³-hybridized carbons (Fsp3) is 1.00. The van der Waals surface area contributed by atoms with E-state index in [1.165, 1.54) is 0 Å². The minimum absolute atomic E-state index is 1.80. The highest BCUT2D eigenvalue weighted by Crippen LogP contribution is 2.59. The lowest BCUT2D eigenvalue weighted by Gasteiger charge is -2.38. The molecule has 0 amide bonds. The molecule has 0 radical (unpaired) electrons. The molecule has 1 atom stereocenters. The largest absolute Gasteiger partial charge is 0.460 e. The highest BCUT2D eigenvalue weighted by atomic mass is 35.5. The van der Waals surface area contributed by atoms with Crippen LogP contribution in [-0.4, -0.2) is 40.7 Å². The summed E-state index contributed by atoms with van der Waals surface area (Å²) in [5.74, 6) is -23.6. The van der Waals surface area contributed by atoms with Crippen molar-refractivity contribution in [3.8, 4) is 0 Å². The van der Waals surface area contributed by atoms with Crippen LogP contribution < -0.4 is 0 Å². The number of ether oxygens (including phenoxy) is 1. The maximum atomic E-state index is 12.8. The van der Waals surface area contributed by atoms with Crippen molar-refractivity contribution in [1.82, 2.24) is 0 Å². The Morgan fingerprint density at radius 1 is 0.500 bits per heavy atom. The fourth-order valence-electron chi connectivity index (χ4n) is 0.841. The Morgan fingerprint density at radius 2 is 0.833 bits per heavy atom. The van der Waals surface area contributed by atoms with Gasteiger partial charge in [0, 0.05) is 0 Å². The van der Waals surface area contributed by atoms with E-state index < -0.39 is 40.7 Å². The molecule has 24 heavy (non-hydrogen) atoms. The normalized spacial score (nSPS) is 18.5. The first-order valence-corrected chi connectivity index (χ1v) is 5.44. The summed E-state index contributed by atoms with van der Waals surface area (Å²) in [5.41, 5.74) is 0. The molecule has 0 heterocycles. The van der Waals surface area contributed by atoms with Crippen molar-refractivity contribution in [3.63, 3.8) is 0 Å². The molecule has 146 valence electrons. The van der Waals surface area contributed by atoms with Crippen LogP contribution in [-0.2, 0) is 4.74 Å². The predicted octanol–water partition coefficient (Wildman–Crippen LogP) is 5.76. The number of hydrogen-bond acceptors (Lipinski definition) is 1. The average Bonchev–Trinajstić information content (AvgIpc) is 2.23. The Labute approximate surface area is 131 Å². The van der Waals surface area contributed by atoms with Crippen molar-refractivity contribution < 1.29 is 66.2 Å².